The van der Waals surface area contributed by atoms with E-state index in [-0.39, 0.29) is 6.54 Å². The van der Waals surface area contributed by atoms with Crippen molar-refractivity contribution in [2.24, 2.45) is 5.73 Å². The molecule has 1 aromatic carbocycles. The van der Waals surface area contributed by atoms with Crippen molar-refractivity contribution in [2.45, 2.75) is 13.5 Å². The first kappa shape index (κ1) is 12.1. The number of aromatic nitrogens is 2. The first-order valence-electron chi connectivity index (χ1n) is 5.03. The van der Waals surface area contributed by atoms with Gasteiger partial charge in [-0.05, 0) is 34.5 Å². The average molecular weight is 298 g/mol. The van der Waals surface area contributed by atoms with Crippen LogP contribution in [-0.2, 0) is 6.54 Å². The van der Waals surface area contributed by atoms with Crippen LogP contribution in [0.1, 0.15) is 11.5 Å². The Bertz CT molecular complexity index is 540. The van der Waals surface area contributed by atoms with E-state index < -0.39 is 0 Å². The number of nitrogens with zero attached hydrogens (tertiary/aromatic N) is 2. The van der Waals surface area contributed by atoms with E-state index in [1.54, 1.807) is 7.11 Å². The Morgan fingerprint density at radius 2 is 2.24 bits per heavy atom. The van der Waals surface area contributed by atoms with Gasteiger partial charge >= 0.3 is 0 Å². The molecule has 1 heterocycles. The monoisotopic (exact) mass is 297 g/mol. The molecule has 0 aliphatic carbocycles. The molecule has 0 atom stereocenters. The fourth-order valence-corrected chi connectivity index (χ4v) is 2.06. The van der Waals surface area contributed by atoms with Crippen LogP contribution in [0.4, 0.5) is 0 Å². The SMILES string of the molecule is COc1c(C)ccc(Br)c1-c1noc(CN)n1. The van der Waals surface area contributed by atoms with Crippen molar-refractivity contribution in [3.63, 3.8) is 0 Å². The lowest BCUT2D eigenvalue weighted by atomic mass is 10.1. The third-order valence-electron chi connectivity index (χ3n) is 2.37. The molecule has 0 radical (unpaired) electrons. The van der Waals surface area contributed by atoms with Crippen LogP contribution in [0.25, 0.3) is 11.4 Å². The molecule has 0 fully saturated rings. The van der Waals surface area contributed by atoms with Gasteiger partial charge in [0.25, 0.3) is 0 Å². The van der Waals surface area contributed by atoms with Gasteiger partial charge in [-0.15, -0.1) is 0 Å². The van der Waals surface area contributed by atoms with E-state index in [9.17, 15) is 0 Å². The van der Waals surface area contributed by atoms with Crippen LogP contribution in [0, 0.1) is 6.92 Å². The zero-order valence-corrected chi connectivity index (χ0v) is 11.1. The highest BCUT2D eigenvalue weighted by Gasteiger charge is 2.17. The molecular weight excluding hydrogens is 286 g/mol. The molecule has 2 rings (SSSR count). The third kappa shape index (κ3) is 2.18. The molecule has 5 nitrogen and oxygen atoms in total. The normalized spacial score (nSPS) is 10.6. The second kappa shape index (κ2) is 4.85. The number of hydrogen-bond acceptors (Lipinski definition) is 5. The first-order chi connectivity index (χ1) is 8.17. The van der Waals surface area contributed by atoms with E-state index >= 15 is 0 Å². The highest BCUT2D eigenvalue weighted by atomic mass is 79.9. The van der Waals surface area contributed by atoms with Gasteiger partial charge in [-0.25, -0.2) is 0 Å². The molecule has 0 saturated heterocycles. The second-order valence-corrected chi connectivity index (χ2v) is 4.34. The molecule has 1 aromatic heterocycles. The molecule has 0 amide bonds. The summed E-state index contributed by atoms with van der Waals surface area (Å²) in [6, 6.07) is 3.88. The van der Waals surface area contributed by atoms with Crippen molar-refractivity contribution in [1.29, 1.82) is 0 Å². The van der Waals surface area contributed by atoms with Crippen molar-refractivity contribution in [1.82, 2.24) is 10.1 Å². The number of halogens is 1. The number of ether oxygens (including phenoxy) is 1. The Morgan fingerprint density at radius 3 is 2.82 bits per heavy atom. The zero-order chi connectivity index (χ0) is 12.4. The van der Waals surface area contributed by atoms with Crippen LogP contribution in [0.2, 0.25) is 0 Å². The summed E-state index contributed by atoms with van der Waals surface area (Å²) in [5.41, 5.74) is 7.22. The summed E-state index contributed by atoms with van der Waals surface area (Å²) in [6.45, 7) is 2.18. The Kier molecular flexibility index (Phi) is 3.44. The van der Waals surface area contributed by atoms with Gasteiger partial charge in [-0.1, -0.05) is 11.2 Å². The third-order valence-corrected chi connectivity index (χ3v) is 3.03. The largest absolute Gasteiger partial charge is 0.496 e. The van der Waals surface area contributed by atoms with Gasteiger partial charge in [0.1, 0.15) is 5.75 Å². The van der Waals surface area contributed by atoms with Gasteiger partial charge in [0, 0.05) is 4.47 Å². The predicted molar refractivity (Wildman–Crippen MR) is 66.6 cm³/mol. The Balaban J connectivity index is 2.60. The van der Waals surface area contributed by atoms with Crippen LogP contribution in [-0.4, -0.2) is 17.3 Å². The van der Waals surface area contributed by atoms with Crippen molar-refractivity contribution >= 4 is 15.9 Å². The number of nitrogens with two attached hydrogens (primary N) is 1. The number of methoxy groups -OCH3 is 1. The molecule has 0 unspecified atom stereocenters. The molecule has 2 aromatic rings. The Hall–Kier alpha value is -1.40. The predicted octanol–water partition coefficient (Wildman–Crippen LogP) is 2.27. The van der Waals surface area contributed by atoms with Gasteiger partial charge in [-0.3, -0.25) is 0 Å². The molecule has 6 heteroatoms. The van der Waals surface area contributed by atoms with Crippen LogP contribution < -0.4 is 10.5 Å². The lowest BCUT2D eigenvalue weighted by Gasteiger charge is -2.10. The summed E-state index contributed by atoms with van der Waals surface area (Å²) in [6.07, 6.45) is 0. The molecule has 2 N–H and O–H groups in total. The number of hydrogen-bond donors (Lipinski definition) is 1. The van der Waals surface area contributed by atoms with Crippen molar-refractivity contribution in [3.05, 3.63) is 28.1 Å². The average Bonchev–Trinajstić information content (AvgIpc) is 2.80. The van der Waals surface area contributed by atoms with Gasteiger partial charge in [0.2, 0.25) is 11.7 Å². The van der Waals surface area contributed by atoms with E-state index in [0.717, 1.165) is 21.3 Å². The summed E-state index contributed by atoms with van der Waals surface area (Å²) in [5.74, 6) is 1.59. The minimum Gasteiger partial charge on any atom is -0.496 e. The van der Waals surface area contributed by atoms with Crippen molar-refractivity contribution in [2.75, 3.05) is 7.11 Å². The standard InChI is InChI=1S/C11H12BrN3O2/c1-6-3-4-7(12)9(10(6)16-2)11-14-8(5-13)17-15-11/h3-4H,5,13H2,1-2H3. The first-order valence-corrected chi connectivity index (χ1v) is 5.82. The highest BCUT2D eigenvalue weighted by molar-refractivity contribution is 9.10. The molecule has 0 aliphatic rings. The molecule has 17 heavy (non-hydrogen) atoms. The summed E-state index contributed by atoms with van der Waals surface area (Å²) in [5, 5.41) is 3.89. The van der Waals surface area contributed by atoms with Gasteiger partial charge < -0.3 is 15.0 Å². The van der Waals surface area contributed by atoms with Crippen LogP contribution in [0.15, 0.2) is 21.1 Å². The summed E-state index contributed by atoms with van der Waals surface area (Å²) < 4.78 is 11.2. The smallest absolute Gasteiger partial charge is 0.240 e. The topological polar surface area (TPSA) is 74.2 Å². The van der Waals surface area contributed by atoms with E-state index in [0.29, 0.717) is 11.7 Å². The molecule has 0 saturated carbocycles. The molecular formula is C11H12BrN3O2. The van der Waals surface area contributed by atoms with E-state index in [1.807, 2.05) is 19.1 Å². The summed E-state index contributed by atoms with van der Waals surface area (Å²) in [7, 11) is 1.61. The fraction of sp³-hybridized carbons (Fsp3) is 0.273. The lowest BCUT2D eigenvalue weighted by Crippen LogP contribution is -1.97. The minimum atomic E-state index is 0.221. The molecule has 0 aliphatic heterocycles. The van der Waals surface area contributed by atoms with Gasteiger partial charge in [0.05, 0.1) is 19.2 Å². The van der Waals surface area contributed by atoms with Gasteiger partial charge in [-0.2, -0.15) is 4.98 Å². The summed E-state index contributed by atoms with van der Waals surface area (Å²) in [4.78, 5) is 4.20. The fourth-order valence-electron chi connectivity index (χ4n) is 1.57. The molecule has 0 bridgehead atoms. The quantitative estimate of drug-likeness (QED) is 0.941. The maximum atomic E-state index is 5.44. The van der Waals surface area contributed by atoms with Crippen molar-refractivity contribution < 1.29 is 9.26 Å². The zero-order valence-electron chi connectivity index (χ0n) is 9.53. The minimum absolute atomic E-state index is 0.221. The van der Waals surface area contributed by atoms with E-state index in [1.165, 1.54) is 0 Å². The Morgan fingerprint density at radius 1 is 1.47 bits per heavy atom. The van der Waals surface area contributed by atoms with Gasteiger partial charge in [0.15, 0.2) is 0 Å². The lowest BCUT2D eigenvalue weighted by molar-refractivity contribution is 0.379. The number of aryl methyl sites for hydroxylation is 1. The number of rotatable bonds is 3. The van der Waals surface area contributed by atoms with Crippen LogP contribution in [0.5, 0.6) is 5.75 Å². The van der Waals surface area contributed by atoms with Crippen molar-refractivity contribution in [3.8, 4) is 17.1 Å². The Labute approximate surface area is 107 Å². The molecule has 90 valence electrons. The maximum Gasteiger partial charge on any atom is 0.240 e. The molecule has 0 spiro atoms. The second-order valence-electron chi connectivity index (χ2n) is 3.49. The summed E-state index contributed by atoms with van der Waals surface area (Å²) >= 11 is 3.46. The highest BCUT2D eigenvalue weighted by Crippen LogP contribution is 2.37. The van der Waals surface area contributed by atoms with Crippen LogP contribution in [0.3, 0.4) is 0 Å². The van der Waals surface area contributed by atoms with E-state index in [2.05, 4.69) is 26.1 Å². The maximum absolute atomic E-state index is 5.44. The van der Waals surface area contributed by atoms with Crippen LogP contribution >= 0.6 is 15.9 Å². The number of benzene rings is 1. The van der Waals surface area contributed by atoms with E-state index in [4.69, 9.17) is 15.0 Å².